The van der Waals surface area contributed by atoms with E-state index in [2.05, 4.69) is 4.74 Å². The lowest BCUT2D eigenvalue weighted by Crippen LogP contribution is -2.49. The number of ether oxygens (including phenoxy) is 1. The summed E-state index contributed by atoms with van der Waals surface area (Å²) in [6.45, 7) is 0. The number of nitrogen functional groups attached to an aromatic ring is 1. The number of nitrogens with zero attached hydrogens (tertiary/aromatic N) is 1. The SMILES string of the molecule is COC(=O)[C@H]1Cc2ccc(N)cc2N1C(=O)C(F)(F)F. The molecule has 0 saturated heterocycles. The molecule has 0 aromatic heterocycles. The van der Waals surface area contributed by atoms with Crippen LogP contribution in [0.5, 0.6) is 0 Å². The van der Waals surface area contributed by atoms with Gasteiger partial charge in [-0.25, -0.2) is 4.79 Å². The van der Waals surface area contributed by atoms with Gasteiger partial charge in [-0.15, -0.1) is 0 Å². The largest absolute Gasteiger partial charge is 0.471 e. The van der Waals surface area contributed by atoms with Gasteiger partial charge in [-0.05, 0) is 17.7 Å². The van der Waals surface area contributed by atoms with Crippen molar-refractivity contribution in [3.8, 4) is 0 Å². The number of benzene rings is 1. The molecule has 2 rings (SSSR count). The molecular weight excluding hydrogens is 277 g/mol. The summed E-state index contributed by atoms with van der Waals surface area (Å²) in [5, 5.41) is 0. The van der Waals surface area contributed by atoms with Gasteiger partial charge in [0.1, 0.15) is 6.04 Å². The first-order valence-corrected chi connectivity index (χ1v) is 5.62. The average molecular weight is 288 g/mol. The molecule has 1 aliphatic heterocycles. The van der Waals surface area contributed by atoms with Crippen LogP contribution in [0, 0.1) is 0 Å². The van der Waals surface area contributed by atoms with Crippen LogP contribution in [0.1, 0.15) is 5.56 Å². The number of methoxy groups -OCH3 is 1. The van der Waals surface area contributed by atoms with Crippen molar-refractivity contribution >= 4 is 23.3 Å². The van der Waals surface area contributed by atoms with Crippen LogP contribution in [0.2, 0.25) is 0 Å². The van der Waals surface area contributed by atoms with Crippen molar-refractivity contribution in [2.75, 3.05) is 17.7 Å². The molecule has 1 aliphatic rings. The minimum Gasteiger partial charge on any atom is -0.467 e. The van der Waals surface area contributed by atoms with Crippen LogP contribution in [-0.2, 0) is 20.7 Å². The lowest BCUT2D eigenvalue weighted by atomic mass is 10.1. The average Bonchev–Trinajstić information content (AvgIpc) is 2.74. The molecule has 1 amide bonds. The molecule has 8 heteroatoms. The van der Waals surface area contributed by atoms with Crippen LogP contribution < -0.4 is 10.6 Å². The molecule has 108 valence electrons. The Morgan fingerprint density at radius 3 is 2.60 bits per heavy atom. The molecular formula is C12H11F3N2O3. The Morgan fingerprint density at radius 1 is 1.40 bits per heavy atom. The quantitative estimate of drug-likeness (QED) is 0.624. The number of carbonyl (C=O) groups excluding carboxylic acids is 2. The maximum atomic E-state index is 12.7. The van der Waals surface area contributed by atoms with E-state index in [1.807, 2.05) is 0 Å². The van der Waals surface area contributed by atoms with E-state index in [9.17, 15) is 22.8 Å². The van der Waals surface area contributed by atoms with E-state index in [4.69, 9.17) is 5.73 Å². The molecule has 20 heavy (non-hydrogen) atoms. The Hall–Kier alpha value is -2.25. The maximum absolute atomic E-state index is 12.7. The Kier molecular flexibility index (Phi) is 3.33. The van der Waals surface area contributed by atoms with Crippen LogP contribution in [0.15, 0.2) is 18.2 Å². The van der Waals surface area contributed by atoms with Crippen molar-refractivity contribution in [2.24, 2.45) is 0 Å². The zero-order valence-corrected chi connectivity index (χ0v) is 10.4. The Balaban J connectivity index is 2.50. The second kappa shape index (κ2) is 4.69. The fourth-order valence-corrected chi connectivity index (χ4v) is 2.16. The first-order valence-electron chi connectivity index (χ1n) is 5.62. The molecule has 0 aliphatic carbocycles. The van der Waals surface area contributed by atoms with E-state index in [0.29, 0.717) is 10.5 Å². The van der Waals surface area contributed by atoms with Gasteiger partial charge in [0, 0.05) is 12.1 Å². The molecule has 0 bridgehead atoms. The molecule has 0 fully saturated rings. The minimum atomic E-state index is -5.08. The highest BCUT2D eigenvalue weighted by atomic mass is 19.4. The van der Waals surface area contributed by atoms with Crippen LogP contribution in [0.25, 0.3) is 0 Å². The van der Waals surface area contributed by atoms with Crippen molar-refractivity contribution in [1.82, 2.24) is 0 Å². The number of alkyl halides is 3. The zero-order valence-electron chi connectivity index (χ0n) is 10.4. The minimum absolute atomic E-state index is 0.0114. The van der Waals surface area contributed by atoms with Gasteiger partial charge < -0.3 is 10.5 Å². The predicted octanol–water partition coefficient (Wildman–Crippen LogP) is 1.26. The first-order chi connectivity index (χ1) is 9.25. The summed E-state index contributed by atoms with van der Waals surface area (Å²) >= 11 is 0. The number of carbonyl (C=O) groups is 2. The molecule has 1 aromatic carbocycles. The molecule has 2 N–H and O–H groups in total. The number of rotatable bonds is 1. The van der Waals surface area contributed by atoms with Gasteiger partial charge in [0.15, 0.2) is 0 Å². The van der Waals surface area contributed by atoms with Gasteiger partial charge in [0.25, 0.3) is 0 Å². The standard InChI is InChI=1S/C12H11F3N2O3/c1-20-10(18)9-4-6-2-3-7(16)5-8(6)17(9)11(19)12(13,14)15/h2-3,5,9H,4,16H2,1H3/t9-/m1/s1. The number of hydrogen-bond donors (Lipinski definition) is 1. The van der Waals surface area contributed by atoms with Crippen LogP contribution >= 0.6 is 0 Å². The Bertz CT molecular complexity index is 572. The first kappa shape index (κ1) is 14.2. The lowest BCUT2D eigenvalue weighted by Gasteiger charge is -2.24. The van der Waals surface area contributed by atoms with Gasteiger partial charge in [-0.3, -0.25) is 9.69 Å². The summed E-state index contributed by atoms with van der Waals surface area (Å²) in [4.78, 5) is 23.5. The summed E-state index contributed by atoms with van der Waals surface area (Å²) in [5.74, 6) is -3.02. The predicted molar refractivity (Wildman–Crippen MR) is 63.9 cm³/mol. The molecule has 0 unspecified atom stereocenters. The smallest absolute Gasteiger partial charge is 0.467 e. The summed E-state index contributed by atoms with van der Waals surface area (Å²) < 4.78 is 42.4. The van der Waals surface area contributed by atoms with E-state index in [1.165, 1.54) is 18.2 Å². The number of halogens is 3. The van der Waals surface area contributed by atoms with E-state index in [-0.39, 0.29) is 17.8 Å². The van der Waals surface area contributed by atoms with Crippen LogP contribution in [0.3, 0.4) is 0 Å². The highest BCUT2D eigenvalue weighted by Gasteiger charge is 2.50. The van der Waals surface area contributed by atoms with Crippen molar-refractivity contribution in [3.63, 3.8) is 0 Å². The summed E-state index contributed by atoms with van der Waals surface area (Å²) in [7, 11) is 1.05. The Morgan fingerprint density at radius 2 is 2.05 bits per heavy atom. The van der Waals surface area contributed by atoms with Crippen molar-refractivity contribution in [3.05, 3.63) is 23.8 Å². The maximum Gasteiger partial charge on any atom is 0.471 e. The highest BCUT2D eigenvalue weighted by Crippen LogP contribution is 2.37. The topological polar surface area (TPSA) is 72.6 Å². The van der Waals surface area contributed by atoms with Gasteiger partial charge in [-0.2, -0.15) is 13.2 Å². The number of amides is 1. The summed E-state index contributed by atoms with van der Waals surface area (Å²) in [6.07, 6.45) is -5.12. The number of hydrogen-bond acceptors (Lipinski definition) is 4. The molecule has 1 heterocycles. The summed E-state index contributed by atoms with van der Waals surface area (Å²) in [5.41, 5.74) is 6.15. The third-order valence-electron chi connectivity index (χ3n) is 3.03. The van der Waals surface area contributed by atoms with Crippen LogP contribution in [-0.4, -0.2) is 31.2 Å². The molecule has 0 saturated carbocycles. The number of fused-ring (bicyclic) bond motifs is 1. The molecule has 0 radical (unpaired) electrons. The second-order valence-corrected chi connectivity index (χ2v) is 4.30. The van der Waals surface area contributed by atoms with Gasteiger partial charge in [0.05, 0.1) is 12.8 Å². The van der Waals surface area contributed by atoms with Crippen molar-refractivity contribution in [2.45, 2.75) is 18.6 Å². The van der Waals surface area contributed by atoms with E-state index >= 15 is 0 Å². The molecule has 5 nitrogen and oxygen atoms in total. The fraction of sp³-hybridized carbons (Fsp3) is 0.333. The van der Waals surface area contributed by atoms with E-state index in [0.717, 1.165) is 7.11 Å². The van der Waals surface area contributed by atoms with Gasteiger partial charge in [0.2, 0.25) is 0 Å². The molecule has 0 spiro atoms. The molecule has 1 aromatic rings. The van der Waals surface area contributed by atoms with E-state index in [1.54, 1.807) is 0 Å². The van der Waals surface area contributed by atoms with Crippen molar-refractivity contribution in [1.29, 1.82) is 0 Å². The second-order valence-electron chi connectivity index (χ2n) is 4.30. The Labute approximate surface area is 112 Å². The van der Waals surface area contributed by atoms with Crippen LogP contribution in [0.4, 0.5) is 24.5 Å². The fourth-order valence-electron chi connectivity index (χ4n) is 2.16. The van der Waals surface area contributed by atoms with E-state index < -0.39 is 24.1 Å². The monoisotopic (exact) mass is 288 g/mol. The normalized spacial score (nSPS) is 17.8. The highest BCUT2D eigenvalue weighted by molar-refractivity contribution is 6.05. The zero-order chi connectivity index (χ0) is 15.1. The number of nitrogens with two attached hydrogens (primary N) is 1. The van der Waals surface area contributed by atoms with Gasteiger partial charge in [-0.1, -0.05) is 6.07 Å². The molecule has 1 atom stereocenters. The lowest BCUT2D eigenvalue weighted by molar-refractivity contribution is -0.171. The van der Waals surface area contributed by atoms with Gasteiger partial charge >= 0.3 is 18.1 Å². The third-order valence-corrected chi connectivity index (χ3v) is 3.03. The summed E-state index contributed by atoms with van der Waals surface area (Å²) in [6, 6.07) is 2.90. The van der Waals surface area contributed by atoms with Crippen molar-refractivity contribution < 1.29 is 27.5 Å². The number of esters is 1. The number of anilines is 2. The third kappa shape index (κ3) is 2.28.